The molecule has 0 saturated carbocycles. The number of piperidine rings is 1. The quantitative estimate of drug-likeness (QED) is 0.924. The van der Waals surface area contributed by atoms with Crippen LogP contribution in [0.5, 0.6) is 0 Å². The fourth-order valence-electron chi connectivity index (χ4n) is 3.24. The zero-order chi connectivity index (χ0) is 16.9. The highest BCUT2D eigenvalue weighted by Gasteiger charge is 2.28. The monoisotopic (exact) mass is 318 g/mol. The molecule has 1 amide bonds. The highest BCUT2D eigenvalue weighted by molar-refractivity contribution is 5.68. The molecule has 2 unspecified atom stereocenters. The van der Waals surface area contributed by atoms with Gasteiger partial charge in [-0.1, -0.05) is 37.3 Å². The molecular weight excluding hydrogens is 288 g/mol. The Bertz CT molecular complexity index is 496. The molecule has 128 valence electrons. The van der Waals surface area contributed by atoms with E-state index in [0.29, 0.717) is 5.92 Å². The number of ether oxygens (including phenoxy) is 1. The molecule has 1 aliphatic rings. The van der Waals surface area contributed by atoms with Crippen molar-refractivity contribution in [3.05, 3.63) is 35.9 Å². The SMILES string of the molecule is CCN1CC(Cc2ccccc2)CC(NC(=O)OC(C)(C)C)C1. The van der Waals surface area contributed by atoms with Gasteiger partial charge in [-0.05, 0) is 51.6 Å². The molecule has 1 fully saturated rings. The largest absolute Gasteiger partial charge is 0.444 e. The van der Waals surface area contributed by atoms with Gasteiger partial charge >= 0.3 is 6.09 Å². The van der Waals surface area contributed by atoms with Gasteiger partial charge in [-0.15, -0.1) is 0 Å². The summed E-state index contributed by atoms with van der Waals surface area (Å²) in [4.78, 5) is 14.5. The number of amides is 1. The molecule has 0 bridgehead atoms. The van der Waals surface area contributed by atoms with Crippen molar-refractivity contribution in [3.8, 4) is 0 Å². The van der Waals surface area contributed by atoms with Gasteiger partial charge in [-0.3, -0.25) is 0 Å². The lowest BCUT2D eigenvalue weighted by atomic mass is 9.89. The molecule has 0 aliphatic carbocycles. The maximum absolute atomic E-state index is 12.0. The Balaban J connectivity index is 1.93. The van der Waals surface area contributed by atoms with Crippen LogP contribution in [0.4, 0.5) is 4.79 Å². The summed E-state index contributed by atoms with van der Waals surface area (Å²) < 4.78 is 5.39. The zero-order valence-electron chi connectivity index (χ0n) is 14.8. The van der Waals surface area contributed by atoms with Crippen LogP contribution in [0.1, 0.15) is 39.7 Å². The summed E-state index contributed by atoms with van der Waals surface area (Å²) in [6, 6.07) is 10.8. The fraction of sp³-hybridized carbons (Fsp3) is 0.632. The van der Waals surface area contributed by atoms with Crippen LogP contribution in [0.25, 0.3) is 0 Å². The van der Waals surface area contributed by atoms with E-state index in [-0.39, 0.29) is 12.1 Å². The van der Waals surface area contributed by atoms with Crippen molar-refractivity contribution >= 4 is 6.09 Å². The first-order valence-electron chi connectivity index (χ1n) is 8.61. The minimum atomic E-state index is -0.452. The highest BCUT2D eigenvalue weighted by Crippen LogP contribution is 2.21. The van der Waals surface area contributed by atoms with E-state index in [4.69, 9.17) is 4.74 Å². The smallest absolute Gasteiger partial charge is 0.407 e. The van der Waals surface area contributed by atoms with Crippen LogP contribution in [-0.2, 0) is 11.2 Å². The minimum Gasteiger partial charge on any atom is -0.444 e. The number of rotatable bonds is 4. The summed E-state index contributed by atoms with van der Waals surface area (Å²) in [5.41, 5.74) is 0.915. The molecule has 4 heteroatoms. The molecular formula is C19H30N2O2. The Morgan fingerprint density at radius 3 is 2.57 bits per heavy atom. The van der Waals surface area contributed by atoms with E-state index < -0.39 is 5.60 Å². The first-order valence-corrected chi connectivity index (χ1v) is 8.61. The van der Waals surface area contributed by atoms with Crippen molar-refractivity contribution in [2.24, 2.45) is 5.92 Å². The Morgan fingerprint density at radius 2 is 1.96 bits per heavy atom. The van der Waals surface area contributed by atoms with E-state index in [9.17, 15) is 4.79 Å². The second-order valence-electron chi connectivity index (χ2n) is 7.49. The number of carbonyl (C=O) groups excluding carboxylic acids is 1. The van der Waals surface area contributed by atoms with Crippen molar-refractivity contribution in [2.75, 3.05) is 19.6 Å². The molecule has 4 nitrogen and oxygen atoms in total. The van der Waals surface area contributed by atoms with E-state index in [1.165, 1.54) is 5.56 Å². The molecule has 0 radical (unpaired) electrons. The Hall–Kier alpha value is -1.55. The van der Waals surface area contributed by atoms with Crippen LogP contribution in [-0.4, -0.2) is 42.3 Å². The number of likely N-dealkylation sites (N-methyl/N-ethyl adjacent to an activating group) is 1. The van der Waals surface area contributed by atoms with Crippen LogP contribution in [0.3, 0.4) is 0 Å². The third-order valence-electron chi connectivity index (χ3n) is 4.15. The lowest BCUT2D eigenvalue weighted by Crippen LogP contribution is -2.51. The van der Waals surface area contributed by atoms with Gasteiger partial charge < -0.3 is 15.0 Å². The molecule has 1 heterocycles. The lowest BCUT2D eigenvalue weighted by Gasteiger charge is -2.38. The number of nitrogens with one attached hydrogen (secondary N) is 1. The first kappa shape index (κ1) is 17.8. The van der Waals surface area contributed by atoms with E-state index in [1.54, 1.807) is 0 Å². The summed E-state index contributed by atoms with van der Waals surface area (Å²) >= 11 is 0. The summed E-state index contributed by atoms with van der Waals surface area (Å²) in [6.07, 6.45) is 1.76. The molecule has 2 atom stereocenters. The number of carbonyl (C=O) groups is 1. The number of hydrogen-bond donors (Lipinski definition) is 1. The number of benzene rings is 1. The van der Waals surface area contributed by atoms with Gasteiger partial charge in [-0.2, -0.15) is 0 Å². The van der Waals surface area contributed by atoms with Gasteiger partial charge in [0.25, 0.3) is 0 Å². The molecule has 0 spiro atoms. The average molecular weight is 318 g/mol. The number of alkyl carbamates (subject to hydrolysis) is 1. The van der Waals surface area contributed by atoms with E-state index in [0.717, 1.165) is 32.5 Å². The third-order valence-corrected chi connectivity index (χ3v) is 4.15. The number of nitrogens with zero attached hydrogens (tertiary/aromatic N) is 1. The Kier molecular flexibility index (Phi) is 6.05. The molecule has 1 N–H and O–H groups in total. The molecule has 2 rings (SSSR count). The van der Waals surface area contributed by atoms with Crippen molar-refractivity contribution < 1.29 is 9.53 Å². The third kappa shape index (κ3) is 6.22. The second-order valence-corrected chi connectivity index (χ2v) is 7.49. The van der Waals surface area contributed by atoms with Crippen molar-refractivity contribution in [1.82, 2.24) is 10.2 Å². The molecule has 1 saturated heterocycles. The van der Waals surface area contributed by atoms with E-state index in [2.05, 4.69) is 47.5 Å². The van der Waals surface area contributed by atoms with Crippen LogP contribution >= 0.6 is 0 Å². The van der Waals surface area contributed by atoms with Crippen molar-refractivity contribution in [2.45, 2.75) is 52.2 Å². The zero-order valence-corrected chi connectivity index (χ0v) is 14.8. The van der Waals surface area contributed by atoms with Gasteiger partial charge in [0.15, 0.2) is 0 Å². The van der Waals surface area contributed by atoms with Crippen LogP contribution in [0, 0.1) is 5.92 Å². The van der Waals surface area contributed by atoms with Crippen LogP contribution < -0.4 is 5.32 Å². The van der Waals surface area contributed by atoms with Crippen molar-refractivity contribution in [1.29, 1.82) is 0 Å². The minimum absolute atomic E-state index is 0.160. The van der Waals surface area contributed by atoms with Crippen molar-refractivity contribution in [3.63, 3.8) is 0 Å². The number of likely N-dealkylation sites (tertiary alicyclic amines) is 1. The Labute approximate surface area is 140 Å². The standard InChI is InChI=1S/C19H30N2O2/c1-5-21-13-16(11-15-9-7-6-8-10-15)12-17(14-21)20-18(22)23-19(2,3)4/h6-10,16-17H,5,11-14H2,1-4H3,(H,20,22). The average Bonchev–Trinajstić information content (AvgIpc) is 2.45. The van der Waals surface area contributed by atoms with Gasteiger partial charge in [-0.25, -0.2) is 4.79 Å². The van der Waals surface area contributed by atoms with E-state index >= 15 is 0 Å². The number of hydrogen-bond acceptors (Lipinski definition) is 3. The van der Waals surface area contributed by atoms with Gasteiger partial charge in [0.05, 0.1) is 0 Å². The van der Waals surface area contributed by atoms with Crippen LogP contribution in [0.15, 0.2) is 30.3 Å². The maximum Gasteiger partial charge on any atom is 0.407 e. The van der Waals surface area contributed by atoms with Gasteiger partial charge in [0.2, 0.25) is 0 Å². The summed E-state index contributed by atoms with van der Waals surface area (Å²) in [5, 5.41) is 3.05. The molecule has 1 aliphatic heterocycles. The molecule has 0 aromatic heterocycles. The highest BCUT2D eigenvalue weighted by atomic mass is 16.6. The van der Waals surface area contributed by atoms with E-state index in [1.807, 2.05) is 20.8 Å². The fourth-order valence-corrected chi connectivity index (χ4v) is 3.24. The molecule has 1 aromatic rings. The topological polar surface area (TPSA) is 41.6 Å². The second kappa shape index (κ2) is 7.82. The first-order chi connectivity index (χ1) is 10.9. The summed E-state index contributed by atoms with van der Waals surface area (Å²) in [7, 11) is 0. The molecule has 1 aromatic carbocycles. The predicted molar refractivity (Wildman–Crippen MR) is 93.5 cm³/mol. The van der Waals surface area contributed by atoms with Gasteiger partial charge in [0, 0.05) is 19.1 Å². The predicted octanol–water partition coefficient (Wildman–Crippen LogP) is 3.46. The molecule has 23 heavy (non-hydrogen) atoms. The lowest BCUT2D eigenvalue weighted by molar-refractivity contribution is 0.0451. The Morgan fingerprint density at radius 1 is 1.26 bits per heavy atom. The normalized spacial score (nSPS) is 22.6. The summed E-state index contributed by atoms with van der Waals surface area (Å²) in [5.74, 6) is 0.561. The summed E-state index contributed by atoms with van der Waals surface area (Å²) in [6.45, 7) is 10.9. The van der Waals surface area contributed by atoms with Gasteiger partial charge in [0.1, 0.15) is 5.60 Å². The van der Waals surface area contributed by atoms with Crippen LogP contribution in [0.2, 0.25) is 0 Å². The maximum atomic E-state index is 12.0.